The maximum absolute atomic E-state index is 14.6. The number of amidine groups is 1. The predicted molar refractivity (Wildman–Crippen MR) is 132 cm³/mol. The molecule has 3 heterocycles. The first-order valence-corrected chi connectivity index (χ1v) is 14.0. The van der Waals surface area contributed by atoms with Crippen LogP contribution >= 0.6 is 11.3 Å². The highest BCUT2D eigenvalue weighted by Crippen LogP contribution is 2.43. The van der Waals surface area contributed by atoms with Gasteiger partial charge in [-0.25, -0.2) is 36.4 Å². The average Bonchev–Trinajstić information content (AvgIpc) is 3.46. The number of benzene rings is 1. The minimum absolute atomic E-state index is 0.0580. The number of hydrogen-bond donors (Lipinski definition) is 2. The van der Waals surface area contributed by atoms with Crippen molar-refractivity contribution < 1.29 is 35.9 Å². The van der Waals surface area contributed by atoms with Crippen LogP contribution in [0.5, 0.6) is 0 Å². The third-order valence-corrected chi connectivity index (χ3v) is 8.61. The number of sulfone groups is 1. The van der Waals surface area contributed by atoms with Crippen LogP contribution in [0.4, 0.5) is 13.2 Å². The maximum atomic E-state index is 14.6. The van der Waals surface area contributed by atoms with Crippen LogP contribution in [0.15, 0.2) is 52.1 Å². The van der Waals surface area contributed by atoms with Gasteiger partial charge >= 0.3 is 5.97 Å². The molecule has 1 aromatic carbocycles. The molecule has 0 aliphatic carbocycles. The number of ether oxygens (including phenoxy) is 1. The van der Waals surface area contributed by atoms with Crippen LogP contribution in [0, 0.1) is 5.82 Å². The minimum Gasteiger partial charge on any atom is -0.466 e. The van der Waals surface area contributed by atoms with E-state index >= 15 is 0 Å². The van der Waals surface area contributed by atoms with Gasteiger partial charge in [0.05, 0.1) is 24.9 Å². The molecule has 2 aliphatic heterocycles. The molecule has 1 fully saturated rings. The Morgan fingerprint density at radius 3 is 2.47 bits per heavy atom. The molecule has 1 amide bonds. The van der Waals surface area contributed by atoms with Crippen LogP contribution in [0.2, 0.25) is 0 Å². The van der Waals surface area contributed by atoms with Gasteiger partial charge in [0.25, 0.3) is 5.92 Å². The number of methoxy groups -OCH3 is 1. The number of alkyl halides is 2. The zero-order valence-electron chi connectivity index (χ0n) is 20.4. The summed E-state index contributed by atoms with van der Waals surface area (Å²) in [4.78, 5) is 35.8. The van der Waals surface area contributed by atoms with E-state index in [9.17, 15) is 31.2 Å². The van der Waals surface area contributed by atoms with Crippen LogP contribution in [-0.4, -0.2) is 73.3 Å². The van der Waals surface area contributed by atoms with Crippen molar-refractivity contribution in [2.75, 3.05) is 19.9 Å². The van der Waals surface area contributed by atoms with Crippen LogP contribution in [0.25, 0.3) is 0 Å². The molecule has 4 rings (SSSR count). The highest BCUT2D eigenvalue weighted by molar-refractivity contribution is 7.91. The summed E-state index contributed by atoms with van der Waals surface area (Å²) in [5, 5.41) is 3.01. The first-order valence-electron chi connectivity index (χ1n) is 11.2. The fraction of sp³-hybridized carbons (Fsp3) is 0.391. The molecule has 38 heavy (non-hydrogen) atoms. The zero-order chi connectivity index (χ0) is 28.0. The molecule has 1 unspecified atom stereocenters. The molecular formula is C23H24F3N5O5S2. The third-order valence-electron chi connectivity index (χ3n) is 6.40. The highest BCUT2D eigenvalue weighted by Gasteiger charge is 2.55. The second kappa shape index (κ2) is 9.78. The van der Waals surface area contributed by atoms with Crippen LogP contribution < -0.4 is 11.1 Å². The molecule has 3 N–H and O–H groups in total. The van der Waals surface area contributed by atoms with Gasteiger partial charge in [-0.15, -0.1) is 11.3 Å². The number of nitrogens with zero attached hydrogens (tertiary/aromatic N) is 3. The van der Waals surface area contributed by atoms with Crippen molar-refractivity contribution >= 4 is 38.9 Å². The zero-order valence-corrected chi connectivity index (χ0v) is 22.1. The quantitative estimate of drug-likeness (QED) is 0.477. The molecule has 0 radical (unpaired) electrons. The van der Waals surface area contributed by atoms with Gasteiger partial charge in [0.2, 0.25) is 5.91 Å². The molecular weight excluding hydrogens is 547 g/mol. The summed E-state index contributed by atoms with van der Waals surface area (Å²) >= 11 is 1.15. The largest absolute Gasteiger partial charge is 0.466 e. The summed E-state index contributed by atoms with van der Waals surface area (Å²) < 4.78 is 73.0. The van der Waals surface area contributed by atoms with Crippen molar-refractivity contribution in [3.8, 4) is 0 Å². The number of thiazole rings is 1. The van der Waals surface area contributed by atoms with Crippen molar-refractivity contribution in [3.05, 3.63) is 63.5 Å². The Bertz CT molecular complexity index is 1430. The topological polar surface area (TPSA) is 144 Å². The maximum Gasteiger partial charge on any atom is 0.338 e. The van der Waals surface area contributed by atoms with Gasteiger partial charge in [0.1, 0.15) is 22.8 Å². The number of esters is 1. The average molecular weight is 572 g/mol. The first-order chi connectivity index (χ1) is 17.7. The van der Waals surface area contributed by atoms with Gasteiger partial charge in [-0.2, -0.15) is 0 Å². The van der Waals surface area contributed by atoms with Crippen molar-refractivity contribution in [2.24, 2.45) is 10.7 Å². The number of aliphatic imine (C=N–C) groups is 1. The Labute approximate surface area is 220 Å². The van der Waals surface area contributed by atoms with E-state index in [-0.39, 0.29) is 17.1 Å². The van der Waals surface area contributed by atoms with E-state index < -0.39 is 63.4 Å². The Hall–Kier alpha value is -3.30. The Balaban J connectivity index is 2.02. The lowest BCUT2D eigenvalue weighted by molar-refractivity contribution is -0.137. The molecule has 2 aromatic rings. The molecule has 1 aromatic heterocycles. The van der Waals surface area contributed by atoms with E-state index in [1.165, 1.54) is 25.3 Å². The van der Waals surface area contributed by atoms with Crippen molar-refractivity contribution in [2.45, 2.75) is 36.2 Å². The monoisotopic (exact) mass is 571 g/mol. The molecule has 0 bridgehead atoms. The Morgan fingerprint density at radius 1 is 1.29 bits per heavy atom. The number of nitrogens with two attached hydrogens (primary N) is 1. The van der Waals surface area contributed by atoms with Crippen LogP contribution in [0.3, 0.4) is 0 Å². The number of amides is 1. The van der Waals surface area contributed by atoms with Gasteiger partial charge in [0.15, 0.2) is 20.7 Å². The number of rotatable bonds is 7. The molecule has 10 nitrogen and oxygen atoms in total. The van der Waals surface area contributed by atoms with Crippen molar-refractivity contribution in [1.29, 1.82) is 0 Å². The second-order valence-corrected chi connectivity index (χ2v) is 12.2. The van der Waals surface area contributed by atoms with Crippen molar-refractivity contribution in [3.63, 3.8) is 0 Å². The summed E-state index contributed by atoms with van der Waals surface area (Å²) in [6.07, 6.45) is 1.18. The van der Waals surface area contributed by atoms with Crippen molar-refractivity contribution in [1.82, 2.24) is 15.2 Å². The lowest BCUT2D eigenvalue weighted by atomic mass is 9.80. The Kier molecular flexibility index (Phi) is 7.14. The first kappa shape index (κ1) is 27.7. The third kappa shape index (κ3) is 5.05. The van der Waals surface area contributed by atoms with Crippen LogP contribution in [0.1, 0.15) is 23.9 Å². The predicted octanol–water partition coefficient (Wildman–Crippen LogP) is 1.54. The smallest absolute Gasteiger partial charge is 0.338 e. The number of primary amides is 1. The van der Waals surface area contributed by atoms with Gasteiger partial charge < -0.3 is 15.8 Å². The molecule has 2 aliphatic rings. The lowest BCUT2D eigenvalue weighted by Gasteiger charge is -2.39. The van der Waals surface area contributed by atoms with Gasteiger partial charge in [-0.05, 0) is 24.6 Å². The van der Waals surface area contributed by atoms with E-state index in [1.54, 1.807) is 5.38 Å². The summed E-state index contributed by atoms with van der Waals surface area (Å²) in [5.41, 5.74) is 3.76. The summed E-state index contributed by atoms with van der Waals surface area (Å²) in [6, 6.07) is 3.19. The number of carbonyl (C=O) groups is 2. The van der Waals surface area contributed by atoms with Gasteiger partial charge in [0, 0.05) is 24.3 Å². The number of halogens is 3. The number of aromatic nitrogens is 1. The fourth-order valence-corrected chi connectivity index (χ4v) is 6.55. The number of hydrogen-bond acceptors (Lipinski definition) is 10. The highest BCUT2D eigenvalue weighted by atomic mass is 32.2. The second-order valence-electron chi connectivity index (χ2n) is 9.10. The normalized spacial score (nSPS) is 24.5. The molecule has 0 spiro atoms. The minimum atomic E-state index is -4.14. The summed E-state index contributed by atoms with van der Waals surface area (Å²) in [6.45, 7) is 0.376. The van der Waals surface area contributed by atoms with Crippen LogP contribution in [-0.2, 0) is 29.7 Å². The Morgan fingerprint density at radius 2 is 1.95 bits per heavy atom. The molecule has 3 atom stereocenters. The van der Waals surface area contributed by atoms with Gasteiger partial charge in [-0.1, -0.05) is 12.1 Å². The summed E-state index contributed by atoms with van der Waals surface area (Å²) in [5.74, 6) is -6.15. The fourth-order valence-electron chi connectivity index (χ4n) is 4.73. The molecule has 1 saturated heterocycles. The number of carbonyl (C=O) groups excluding carboxylic acids is 2. The van der Waals surface area contributed by atoms with E-state index in [4.69, 9.17) is 10.5 Å². The van der Waals surface area contributed by atoms with Gasteiger partial charge in [-0.3, -0.25) is 9.69 Å². The number of nitrogens with one attached hydrogen (secondary N) is 1. The standard InChI is InChI=1S/C23H24F3N5O5S2/c1-22(12-4-6-13(24)7-5-12)15(21(33)36-2)16(29-19(30-22)20-28-8-9-37-20)17(18(27)32)31-11-23(25,26)10-14(31)38(3,34)35/h4-9,14,17H,10-11H2,1-3H3,(H2,27,32)(H,29,30)/t14?,17-,22-/m0/s1. The summed E-state index contributed by atoms with van der Waals surface area (Å²) in [7, 11) is -3.07. The van der Waals surface area contributed by atoms with E-state index in [0.29, 0.717) is 10.6 Å². The lowest BCUT2D eigenvalue weighted by Crippen LogP contribution is -2.56. The van der Waals surface area contributed by atoms with E-state index in [2.05, 4.69) is 15.3 Å². The van der Waals surface area contributed by atoms with E-state index in [1.807, 2.05) is 0 Å². The molecule has 204 valence electrons. The number of likely N-dealkylation sites (tertiary alicyclic amines) is 1. The molecule has 0 saturated carbocycles. The molecule has 15 heteroatoms. The SMILES string of the molecule is COC(=O)C1=C([C@@H](C(N)=O)N2CC(F)(F)CC2S(C)(=O)=O)NC(c2nccs2)=N[C@@]1(C)c1ccc(F)cc1. The van der Waals surface area contributed by atoms with E-state index in [0.717, 1.165) is 41.7 Å².